The molecule has 0 bridgehead atoms. The van der Waals surface area contributed by atoms with Gasteiger partial charge in [-0.15, -0.1) is 0 Å². The smallest absolute Gasteiger partial charge is 0.259 e. The summed E-state index contributed by atoms with van der Waals surface area (Å²) in [5, 5.41) is 3.58. The molecule has 26 heavy (non-hydrogen) atoms. The van der Waals surface area contributed by atoms with Crippen molar-refractivity contribution in [3.8, 4) is 5.75 Å². The topological polar surface area (TPSA) is 41.6 Å². The van der Waals surface area contributed by atoms with Crippen molar-refractivity contribution in [2.45, 2.75) is 26.7 Å². The number of carbonyl (C=O) groups is 1. The van der Waals surface area contributed by atoms with Crippen molar-refractivity contribution >= 4 is 28.9 Å². The molecule has 3 rings (SSSR count). The molecule has 0 aliphatic carbocycles. The molecule has 0 saturated carbocycles. The van der Waals surface area contributed by atoms with Crippen LogP contribution in [-0.2, 0) is 0 Å². The molecule has 1 heterocycles. The molecule has 1 N–H and O–H groups in total. The summed E-state index contributed by atoms with van der Waals surface area (Å²) in [6, 6.07) is 11.2. The molecule has 1 fully saturated rings. The van der Waals surface area contributed by atoms with E-state index in [9.17, 15) is 4.79 Å². The third kappa shape index (κ3) is 3.96. The van der Waals surface area contributed by atoms with Gasteiger partial charge >= 0.3 is 0 Å². The first-order chi connectivity index (χ1) is 12.5. The number of amides is 1. The number of nitrogens with one attached hydrogen (secondary N) is 1. The lowest BCUT2D eigenvalue weighted by molar-refractivity contribution is 0.102. The molecule has 1 saturated heterocycles. The van der Waals surface area contributed by atoms with E-state index in [1.165, 1.54) is 12.8 Å². The summed E-state index contributed by atoms with van der Waals surface area (Å²) >= 11 is 6.49. The Morgan fingerprint density at radius 2 is 1.96 bits per heavy atom. The monoisotopic (exact) mass is 372 g/mol. The maximum Gasteiger partial charge on any atom is 0.259 e. The van der Waals surface area contributed by atoms with E-state index in [2.05, 4.69) is 17.1 Å². The summed E-state index contributed by atoms with van der Waals surface area (Å²) < 4.78 is 5.37. The number of aryl methyl sites for hydroxylation is 1. The van der Waals surface area contributed by atoms with E-state index in [4.69, 9.17) is 16.3 Å². The van der Waals surface area contributed by atoms with Crippen molar-refractivity contribution in [2.75, 3.05) is 30.4 Å². The molecule has 0 spiro atoms. The highest BCUT2D eigenvalue weighted by molar-refractivity contribution is 6.33. The first-order valence-corrected chi connectivity index (χ1v) is 9.37. The normalized spacial score (nSPS) is 15.0. The number of anilines is 2. The van der Waals surface area contributed by atoms with E-state index < -0.39 is 0 Å². The summed E-state index contributed by atoms with van der Waals surface area (Å²) in [5.41, 5.74) is 3.15. The Hall–Kier alpha value is -2.20. The van der Waals surface area contributed by atoms with Crippen LogP contribution in [0, 0.1) is 12.8 Å². The SMILES string of the molecule is COc1c(C)cccc1C(=O)Nc1ccc(N2CCC(C)CC2)c(Cl)c1. The fourth-order valence-corrected chi connectivity index (χ4v) is 3.69. The molecule has 0 unspecified atom stereocenters. The summed E-state index contributed by atoms with van der Waals surface area (Å²) in [6.07, 6.45) is 2.37. The van der Waals surface area contributed by atoms with Crippen LogP contribution >= 0.6 is 11.6 Å². The summed E-state index contributed by atoms with van der Waals surface area (Å²) in [6.45, 7) is 6.25. The summed E-state index contributed by atoms with van der Waals surface area (Å²) in [7, 11) is 1.57. The Bertz CT molecular complexity index is 799. The molecule has 0 aromatic heterocycles. The highest BCUT2D eigenvalue weighted by atomic mass is 35.5. The summed E-state index contributed by atoms with van der Waals surface area (Å²) in [4.78, 5) is 15.0. The first-order valence-electron chi connectivity index (χ1n) is 8.99. The van der Waals surface area contributed by atoms with E-state index in [0.717, 1.165) is 30.3 Å². The Kier molecular flexibility index (Phi) is 5.72. The molecule has 0 radical (unpaired) electrons. The second-order valence-electron chi connectivity index (χ2n) is 6.95. The second-order valence-corrected chi connectivity index (χ2v) is 7.35. The molecule has 138 valence electrons. The van der Waals surface area contributed by atoms with E-state index in [0.29, 0.717) is 22.0 Å². The molecule has 2 aromatic rings. The first kappa shape index (κ1) is 18.6. The quantitative estimate of drug-likeness (QED) is 0.807. The molecule has 1 aliphatic heterocycles. The van der Waals surface area contributed by atoms with Crippen molar-refractivity contribution in [3.63, 3.8) is 0 Å². The van der Waals surface area contributed by atoms with Crippen LogP contribution < -0.4 is 15.0 Å². The molecule has 2 aromatic carbocycles. The number of carbonyl (C=O) groups excluding carboxylic acids is 1. The lowest BCUT2D eigenvalue weighted by Crippen LogP contribution is -2.32. The van der Waals surface area contributed by atoms with Crippen LogP contribution in [0.15, 0.2) is 36.4 Å². The van der Waals surface area contributed by atoms with Gasteiger partial charge in [-0.2, -0.15) is 0 Å². The average Bonchev–Trinajstić information content (AvgIpc) is 2.62. The van der Waals surface area contributed by atoms with Gasteiger partial charge in [0, 0.05) is 18.8 Å². The predicted octanol–water partition coefficient (Wildman–Crippen LogP) is 5.15. The fourth-order valence-electron chi connectivity index (χ4n) is 3.39. The van der Waals surface area contributed by atoms with Gasteiger partial charge in [-0.1, -0.05) is 30.7 Å². The number of ether oxygens (including phenoxy) is 1. The van der Waals surface area contributed by atoms with E-state index >= 15 is 0 Å². The van der Waals surface area contributed by atoms with Gasteiger partial charge in [-0.25, -0.2) is 0 Å². The zero-order valence-corrected chi connectivity index (χ0v) is 16.3. The van der Waals surface area contributed by atoms with Gasteiger partial charge in [0.05, 0.1) is 23.4 Å². The molecule has 1 amide bonds. The van der Waals surface area contributed by atoms with E-state index in [1.807, 2.05) is 37.3 Å². The van der Waals surface area contributed by atoms with Crippen LogP contribution in [0.25, 0.3) is 0 Å². The van der Waals surface area contributed by atoms with Crippen molar-refractivity contribution < 1.29 is 9.53 Å². The minimum atomic E-state index is -0.207. The number of hydrogen-bond acceptors (Lipinski definition) is 3. The van der Waals surface area contributed by atoms with E-state index in [-0.39, 0.29) is 5.91 Å². The maximum absolute atomic E-state index is 12.6. The van der Waals surface area contributed by atoms with Crippen molar-refractivity contribution in [3.05, 3.63) is 52.5 Å². The molecule has 4 nitrogen and oxygen atoms in total. The van der Waals surface area contributed by atoms with Gasteiger partial charge in [0.15, 0.2) is 0 Å². The van der Waals surface area contributed by atoms with Crippen LogP contribution in [-0.4, -0.2) is 26.1 Å². The van der Waals surface area contributed by atoms with Gasteiger partial charge in [0.25, 0.3) is 5.91 Å². The van der Waals surface area contributed by atoms with Crippen LogP contribution in [0.4, 0.5) is 11.4 Å². The average molecular weight is 373 g/mol. The molecule has 1 aliphatic rings. The van der Waals surface area contributed by atoms with Gasteiger partial charge < -0.3 is 15.0 Å². The molecular formula is C21H25ClN2O2. The number of para-hydroxylation sites is 1. The van der Waals surface area contributed by atoms with Crippen LogP contribution in [0.2, 0.25) is 5.02 Å². The number of piperidine rings is 1. The fraction of sp³-hybridized carbons (Fsp3) is 0.381. The second kappa shape index (κ2) is 8.00. The maximum atomic E-state index is 12.6. The highest BCUT2D eigenvalue weighted by Gasteiger charge is 2.19. The Balaban J connectivity index is 1.76. The standard InChI is InChI=1S/C21H25ClN2O2/c1-14-9-11-24(12-10-14)19-8-7-16(13-18(19)22)23-21(25)17-6-4-5-15(2)20(17)26-3/h4-8,13-14H,9-12H2,1-3H3,(H,23,25). The lowest BCUT2D eigenvalue weighted by atomic mass is 9.99. The van der Waals surface area contributed by atoms with Crippen LogP contribution in [0.5, 0.6) is 5.75 Å². The van der Waals surface area contributed by atoms with Gasteiger partial charge in [0.1, 0.15) is 5.75 Å². The molecule has 5 heteroatoms. The third-order valence-electron chi connectivity index (χ3n) is 4.99. The lowest BCUT2D eigenvalue weighted by Gasteiger charge is -2.32. The Morgan fingerprint density at radius 1 is 1.23 bits per heavy atom. The van der Waals surface area contributed by atoms with Gasteiger partial charge in [-0.3, -0.25) is 4.79 Å². The van der Waals surface area contributed by atoms with E-state index in [1.54, 1.807) is 13.2 Å². The van der Waals surface area contributed by atoms with Gasteiger partial charge in [0.2, 0.25) is 0 Å². The number of benzene rings is 2. The predicted molar refractivity (Wildman–Crippen MR) is 108 cm³/mol. The molecular weight excluding hydrogens is 348 g/mol. The zero-order chi connectivity index (χ0) is 18.7. The van der Waals surface area contributed by atoms with Crippen LogP contribution in [0.3, 0.4) is 0 Å². The number of nitrogens with zero attached hydrogens (tertiary/aromatic N) is 1. The summed E-state index contributed by atoms with van der Waals surface area (Å²) in [5.74, 6) is 1.16. The molecule has 0 atom stereocenters. The number of halogens is 1. The van der Waals surface area contributed by atoms with Gasteiger partial charge in [-0.05, 0) is 55.5 Å². The minimum absolute atomic E-state index is 0.207. The zero-order valence-electron chi connectivity index (χ0n) is 15.5. The minimum Gasteiger partial charge on any atom is -0.496 e. The number of methoxy groups -OCH3 is 1. The van der Waals surface area contributed by atoms with Crippen molar-refractivity contribution in [1.82, 2.24) is 0 Å². The van der Waals surface area contributed by atoms with Crippen molar-refractivity contribution in [2.24, 2.45) is 5.92 Å². The number of hydrogen-bond donors (Lipinski definition) is 1. The Morgan fingerprint density at radius 3 is 2.62 bits per heavy atom. The highest BCUT2D eigenvalue weighted by Crippen LogP contribution is 2.32. The van der Waals surface area contributed by atoms with Crippen LogP contribution in [0.1, 0.15) is 35.7 Å². The largest absolute Gasteiger partial charge is 0.496 e. The third-order valence-corrected chi connectivity index (χ3v) is 5.29. The Labute approximate surface area is 160 Å². The van der Waals surface area contributed by atoms with Crippen molar-refractivity contribution in [1.29, 1.82) is 0 Å². The number of rotatable bonds is 4.